The zero-order chi connectivity index (χ0) is 13.1. The van der Waals surface area contributed by atoms with E-state index in [1.807, 2.05) is 4.90 Å². The highest BCUT2D eigenvalue weighted by molar-refractivity contribution is 7.55. The molecule has 8 heteroatoms. The average molecular weight is 264 g/mol. The Morgan fingerprint density at radius 2 is 2.24 bits per heavy atom. The number of rotatable bonds is 4. The van der Waals surface area contributed by atoms with Crippen molar-refractivity contribution in [3.63, 3.8) is 0 Å². The minimum absolute atomic E-state index is 0.299. The van der Waals surface area contributed by atoms with E-state index in [1.165, 1.54) is 6.08 Å². The summed E-state index contributed by atoms with van der Waals surface area (Å²) in [6, 6.07) is 0. The number of nitrogens with zero attached hydrogens (tertiary/aromatic N) is 1. The van der Waals surface area contributed by atoms with Gasteiger partial charge in [-0.15, -0.1) is 0 Å². The van der Waals surface area contributed by atoms with Gasteiger partial charge in [0.2, 0.25) is 0 Å². The maximum Gasteiger partial charge on any atom is 0.348 e. The summed E-state index contributed by atoms with van der Waals surface area (Å²) in [7, 11) is -4.12. The standard InChI is InChI=1S/C9H17N2O5P/c1-9(8(12)13)7-11(5-3-10-9)4-2-6-17(14,15)16/h2,6,10H,3-5,7H2,1H3,(H,12,13)(H2,14,15,16)/b6-2+/t9-/m1/s1. The number of aliphatic carboxylic acids is 1. The zero-order valence-corrected chi connectivity index (χ0v) is 10.4. The highest BCUT2D eigenvalue weighted by Crippen LogP contribution is 2.35. The molecule has 0 amide bonds. The number of carboxylic acid groups (broad SMARTS) is 1. The van der Waals surface area contributed by atoms with Crippen molar-refractivity contribution in [1.82, 2.24) is 10.2 Å². The Labute approximate surface area is 99.3 Å². The highest BCUT2D eigenvalue weighted by atomic mass is 31.2. The molecule has 0 radical (unpaired) electrons. The van der Waals surface area contributed by atoms with Gasteiger partial charge in [0.1, 0.15) is 5.54 Å². The fraction of sp³-hybridized carbons (Fsp3) is 0.667. The normalized spacial score (nSPS) is 27.5. The lowest BCUT2D eigenvalue weighted by Crippen LogP contribution is -2.62. The molecule has 0 bridgehead atoms. The molecule has 0 unspecified atom stereocenters. The van der Waals surface area contributed by atoms with Crippen LogP contribution in [-0.4, -0.2) is 57.5 Å². The molecule has 1 fully saturated rings. The first-order valence-electron chi connectivity index (χ1n) is 5.17. The molecule has 1 saturated heterocycles. The summed E-state index contributed by atoms with van der Waals surface area (Å²) >= 11 is 0. The van der Waals surface area contributed by atoms with Crippen LogP contribution in [0.3, 0.4) is 0 Å². The molecule has 1 aliphatic heterocycles. The van der Waals surface area contributed by atoms with Gasteiger partial charge >= 0.3 is 13.6 Å². The summed E-state index contributed by atoms with van der Waals surface area (Å²) < 4.78 is 10.6. The lowest BCUT2D eigenvalue weighted by atomic mass is 9.99. The second kappa shape index (κ2) is 5.29. The van der Waals surface area contributed by atoms with Crippen molar-refractivity contribution in [3.8, 4) is 0 Å². The van der Waals surface area contributed by atoms with Crippen LogP contribution in [0.15, 0.2) is 11.9 Å². The molecule has 7 nitrogen and oxygen atoms in total. The lowest BCUT2D eigenvalue weighted by molar-refractivity contribution is -0.146. The number of carboxylic acids is 1. The van der Waals surface area contributed by atoms with Crippen LogP contribution in [0.1, 0.15) is 6.92 Å². The topological polar surface area (TPSA) is 110 Å². The molecule has 4 N–H and O–H groups in total. The third kappa shape index (κ3) is 4.57. The third-order valence-corrected chi connectivity index (χ3v) is 3.22. The van der Waals surface area contributed by atoms with Gasteiger partial charge in [-0.1, -0.05) is 6.08 Å². The van der Waals surface area contributed by atoms with Crippen molar-refractivity contribution >= 4 is 13.6 Å². The maximum absolute atomic E-state index is 11.0. The Kier molecular flexibility index (Phi) is 4.46. The van der Waals surface area contributed by atoms with Crippen molar-refractivity contribution in [2.45, 2.75) is 12.5 Å². The fourth-order valence-electron chi connectivity index (χ4n) is 1.70. The summed E-state index contributed by atoms with van der Waals surface area (Å²) in [5, 5.41) is 12.0. The Bertz CT molecular complexity index is 366. The van der Waals surface area contributed by atoms with Crippen molar-refractivity contribution in [2.75, 3.05) is 26.2 Å². The molecule has 0 saturated carbocycles. The van der Waals surface area contributed by atoms with Gasteiger partial charge < -0.3 is 14.9 Å². The first-order chi connectivity index (χ1) is 7.73. The molecule has 98 valence electrons. The Morgan fingerprint density at radius 3 is 2.76 bits per heavy atom. The second-order valence-electron chi connectivity index (χ2n) is 4.27. The van der Waals surface area contributed by atoms with Gasteiger partial charge in [0.05, 0.1) is 0 Å². The van der Waals surface area contributed by atoms with Crippen LogP contribution in [0.4, 0.5) is 0 Å². The summed E-state index contributed by atoms with van der Waals surface area (Å²) in [6.07, 6.45) is 1.37. The fourth-order valence-corrected chi connectivity index (χ4v) is 2.07. The molecule has 1 atom stereocenters. The van der Waals surface area contributed by atoms with Crippen LogP contribution in [0, 0.1) is 0 Å². The Morgan fingerprint density at radius 1 is 1.59 bits per heavy atom. The van der Waals surface area contributed by atoms with Gasteiger partial charge in [-0.3, -0.25) is 19.6 Å². The predicted molar refractivity (Wildman–Crippen MR) is 61.7 cm³/mol. The minimum atomic E-state index is -4.12. The quantitative estimate of drug-likeness (QED) is 0.503. The SMILES string of the molecule is C[C@]1(C(=O)O)CN(C/C=C/P(=O)(O)O)CCN1. The number of nitrogens with one attached hydrogen (secondary N) is 1. The molecule has 17 heavy (non-hydrogen) atoms. The maximum atomic E-state index is 11.0. The van der Waals surface area contributed by atoms with Crippen molar-refractivity contribution in [1.29, 1.82) is 0 Å². The van der Waals surface area contributed by atoms with Crippen LogP contribution in [0.2, 0.25) is 0 Å². The molecule has 1 aliphatic rings. The van der Waals surface area contributed by atoms with E-state index in [1.54, 1.807) is 6.92 Å². The number of carbonyl (C=O) groups is 1. The second-order valence-corrected chi connectivity index (χ2v) is 5.75. The summed E-state index contributed by atoms with van der Waals surface area (Å²) in [4.78, 5) is 30.1. The van der Waals surface area contributed by atoms with Gasteiger partial charge in [0.15, 0.2) is 0 Å². The Balaban J connectivity index is 2.54. The zero-order valence-electron chi connectivity index (χ0n) is 9.54. The van der Waals surface area contributed by atoms with E-state index in [-0.39, 0.29) is 0 Å². The van der Waals surface area contributed by atoms with Gasteiger partial charge in [-0.05, 0) is 6.92 Å². The van der Waals surface area contributed by atoms with Gasteiger partial charge in [0.25, 0.3) is 0 Å². The largest absolute Gasteiger partial charge is 0.480 e. The molecule has 0 spiro atoms. The molecule has 1 heterocycles. The molecule has 1 rings (SSSR count). The smallest absolute Gasteiger partial charge is 0.348 e. The first kappa shape index (κ1) is 14.3. The van der Waals surface area contributed by atoms with E-state index in [0.717, 1.165) is 5.82 Å². The van der Waals surface area contributed by atoms with E-state index in [0.29, 0.717) is 26.2 Å². The first-order valence-corrected chi connectivity index (χ1v) is 6.85. The van der Waals surface area contributed by atoms with E-state index in [2.05, 4.69) is 5.32 Å². The van der Waals surface area contributed by atoms with Crippen LogP contribution in [-0.2, 0) is 9.36 Å². The van der Waals surface area contributed by atoms with E-state index >= 15 is 0 Å². The minimum Gasteiger partial charge on any atom is -0.480 e. The molecular weight excluding hydrogens is 247 g/mol. The molecule has 0 aromatic carbocycles. The molecule has 0 aromatic rings. The highest BCUT2D eigenvalue weighted by Gasteiger charge is 2.37. The van der Waals surface area contributed by atoms with E-state index in [9.17, 15) is 9.36 Å². The summed E-state index contributed by atoms with van der Waals surface area (Å²) in [5.74, 6) is -0.0891. The van der Waals surface area contributed by atoms with Crippen molar-refractivity contribution < 1.29 is 24.3 Å². The van der Waals surface area contributed by atoms with Crippen molar-refractivity contribution in [3.05, 3.63) is 11.9 Å². The Hall–Kier alpha value is -0.720. The molecular formula is C9H17N2O5P. The number of hydrogen-bond donors (Lipinski definition) is 4. The number of piperazine rings is 1. The summed E-state index contributed by atoms with van der Waals surface area (Å²) in [5.41, 5.74) is -1.01. The van der Waals surface area contributed by atoms with Crippen LogP contribution in [0.5, 0.6) is 0 Å². The summed E-state index contributed by atoms with van der Waals surface area (Å²) in [6.45, 7) is 3.40. The van der Waals surface area contributed by atoms with E-state index in [4.69, 9.17) is 14.9 Å². The third-order valence-electron chi connectivity index (χ3n) is 2.62. The van der Waals surface area contributed by atoms with Crippen LogP contribution in [0.25, 0.3) is 0 Å². The number of hydrogen-bond acceptors (Lipinski definition) is 4. The van der Waals surface area contributed by atoms with Crippen LogP contribution < -0.4 is 5.32 Å². The molecule has 0 aliphatic carbocycles. The lowest BCUT2D eigenvalue weighted by Gasteiger charge is -2.38. The average Bonchev–Trinajstić information content (AvgIpc) is 2.15. The van der Waals surface area contributed by atoms with Crippen molar-refractivity contribution in [2.24, 2.45) is 0 Å². The monoisotopic (exact) mass is 264 g/mol. The van der Waals surface area contributed by atoms with Gasteiger partial charge in [-0.25, -0.2) is 0 Å². The van der Waals surface area contributed by atoms with E-state index < -0.39 is 19.1 Å². The molecule has 0 aromatic heterocycles. The van der Waals surface area contributed by atoms with Gasteiger partial charge in [-0.2, -0.15) is 0 Å². The van der Waals surface area contributed by atoms with Gasteiger partial charge in [0, 0.05) is 32.0 Å². The van der Waals surface area contributed by atoms with Crippen LogP contribution >= 0.6 is 7.60 Å². The predicted octanol–water partition coefficient (Wildman–Crippen LogP) is -0.574.